The van der Waals surface area contributed by atoms with E-state index in [1.165, 1.54) is 16.7 Å². The number of rotatable bonds is 5. The molecule has 7 nitrogen and oxygen atoms in total. The molecule has 108 valence electrons. The molecule has 0 bridgehead atoms. The minimum absolute atomic E-state index is 0.212. The van der Waals surface area contributed by atoms with Crippen molar-refractivity contribution in [2.45, 2.75) is 30.8 Å². The van der Waals surface area contributed by atoms with Gasteiger partial charge in [-0.1, -0.05) is 17.8 Å². The molecule has 8 heteroatoms. The molecule has 0 saturated carbocycles. The topological polar surface area (TPSA) is 80.1 Å². The predicted molar refractivity (Wildman–Crippen MR) is 75.4 cm³/mol. The molecule has 1 saturated heterocycles. The van der Waals surface area contributed by atoms with E-state index in [1.807, 2.05) is 11.5 Å². The van der Waals surface area contributed by atoms with Crippen molar-refractivity contribution in [3.63, 3.8) is 0 Å². The Morgan fingerprint density at radius 2 is 2.35 bits per heavy atom. The van der Waals surface area contributed by atoms with Crippen LogP contribution in [0.5, 0.6) is 0 Å². The number of hydrogen-bond donors (Lipinski definition) is 1. The zero-order valence-corrected chi connectivity index (χ0v) is 12.3. The van der Waals surface area contributed by atoms with E-state index in [0.717, 1.165) is 5.82 Å². The van der Waals surface area contributed by atoms with Crippen molar-refractivity contribution in [1.82, 2.24) is 25.0 Å². The fraction of sp³-hybridized carbons (Fsp3) is 0.500. The normalized spacial score (nSPS) is 16.1. The summed E-state index contributed by atoms with van der Waals surface area (Å²) in [5.74, 6) is 0.557. The van der Waals surface area contributed by atoms with Crippen molar-refractivity contribution in [1.29, 1.82) is 0 Å². The number of aryl methyl sites for hydroxylation is 1. The maximum Gasteiger partial charge on any atom is 0.324 e. The molecule has 1 atom stereocenters. The summed E-state index contributed by atoms with van der Waals surface area (Å²) in [6.45, 7) is 8.82. The Bertz CT molecular complexity index is 542. The highest BCUT2D eigenvalue weighted by atomic mass is 32.2. The summed E-state index contributed by atoms with van der Waals surface area (Å²) < 4.78 is 1.88. The number of hydrogen-bond acceptors (Lipinski definition) is 5. The Morgan fingerprint density at radius 1 is 1.60 bits per heavy atom. The predicted octanol–water partition coefficient (Wildman–Crippen LogP) is 0.805. The maximum absolute atomic E-state index is 12.2. The van der Waals surface area contributed by atoms with E-state index in [2.05, 4.69) is 22.1 Å². The van der Waals surface area contributed by atoms with Crippen molar-refractivity contribution in [2.75, 3.05) is 13.1 Å². The Morgan fingerprint density at radius 3 is 2.95 bits per heavy atom. The molecule has 0 radical (unpaired) electrons. The maximum atomic E-state index is 12.2. The van der Waals surface area contributed by atoms with Crippen LogP contribution in [0.2, 0.25) is 0 Å². The molecule has 1 aliphatic heterocycles. The highest BCUT2D eigenvalue weighted by molar-refractivity contribution is 8.00. The summed E-state index contributed by atoms with van der Waals surface area (Å²) in [5, 5.41) is 10.9. The van der Waals surface area contributed by atoms with Gasteiger partial charge in [-0.15, -0.1) is 16.8 Å². The van der Waals surface area contributed by atoms with Crippen LogP contribution in [0, 0.1) is 6.92 Å². The molecular weight excluding hydrogens is 278 g/mol. The van der Waals surface area contributed by atoms with E-state index < -0.39 is 5.25 Å². The SMILES string of the molecule is C=CCn1c(C)nnc1SC(C)C(=O)N1CCNC1=O. The second-order valence-corrected chi connectivity index (χ2v) is 5.72. The molecule has 0 spiro atoms. The Kier molecular flexibility index (Phi) is 4.43. The van der Waals surface area contributed by atoms with Gasteiger partial charge in [0.25, 0.3) is 0 Å². The molecule has 1 unspecified atom stereocenters. The fourth-order valence-corrected chi connectivity index (χ4v) is 2.86. The molecule has 1 fully saturated rings. The molecule has 1 aromatic heterocycles. The van der Waals surface area contributed by atoms with E-state index in [1.54, 1.807) is 13.0 Å². The van der Waals surface area contributed by atoms with Gasteiger partial charge in [-0.25, -0.2) is 4.79 Å². The number of amides is 3. The number of urea groups is 1. The first-order valence-corrected chi connectivity index (χ1v) is 7.19. The number of nitrogens with zero attached hydrogens (tertiary/aromatic N) is 4. The standard InChI is InChI=1S/C12H17N5O2S/c1-4-6-16-9(3)14-15-12(16)20-8(2)10(18)17-7-5-13-11(17)19/h4,8H,1,5-7H2,2-3H3,(H,13,19). The first-order valence-electron chi connectivity index (χ1n) is 6.31. The molecule has 2 heterocycles. The monoisotopic (exact) mass is 295 g/mol. The number of nitrogens with one attached hydrogen (secondary N) is 1. The van der Waals surface area contributed by atoms with E-state index in [9.17, 15) is 9.59 Å². The Labute approximate surface area is 121 Å². The number of carbonyl (C=O) groups excluding carboxylic acids is 2. The lowest BCUT2D eigenvalue weighted by Gasteiger charge is -2.17. The smallest absolute Gasteiger partial charge is 0.324 e. The van der Waals surface area contributed by atoms with Gasteiger partial charge in [0.1, 0.15) is 5.82 Å². The average molecular weight is 295 g/mol. The zero-order chi connectivity index (χ0) is 14.7. The minimum atomic E-state index is -0.397. The molecule has 2 rings (SSSR count). The van der Waals surface area contributed by atoms with Gasteiger partial charge in [0.15, 0.2) is 5.16 Å². The summed E-state index contributed by atoms with van der Waals surface area (Å²) in [7, 11) is 0. The molecule has 20 heavy (non-hydrogen) atoms. The van der Waals surface area contributed by atoms with Crippen molar-refractivity contribution >= 4 is 23.7 Å². The van der Waals surface area contributed by atoms with Crippen LogP contribution in [0.25, 0.3) is 0 Å². The van der Waals surface area contributed by atoms with Crippen LogP contribution < -0.4 is 5.32 Å². The summed E-state index contributed by atoms with van der Waals surface area (Å²) in [6, 6.07) is -0.328. The van der Waals surface area contributed by atoms with E-state index in [-0.39, 0.29) is 11.9 Å². The zero-order valence-electron chi connectivity index (χ0n) is 11.5. The average Bonchev–Trinajstić information content (AvgIpc) is 2.98. The Balaban J connectivity index is 2.07. The van der Waals surface area contributed by atoms with E-state index in [4.69, 9.17) is 0 Å². The molecule has 0 aromatic carbocycles. The lowest BCUT2D eigenvalue weighted by atomic mass is 10.4. The first kappa shape index (κ1) is 14.6. The number of aromatic nitrogens is 3. The van der Waals surface area contributed by atoms with Crippen LogP contribution in [0.15, 0.2) is 17.8 Å². The number of carbonyl (C=O) groups is 2. The lowest BCUT2D eigenvalue weighted by molar-refractivity contribution is -0.126. The summed E-state index contributed by atoms with van der Waals surface area (Å²) >= 11 is 1.30. The largest absolute Gasteiger partial charge is 0.336 e. The highest BCUT2D eigenvalue weighted by Crippen LogP contribution is 2.24. The van der Waals surface area contributed by atoms with E-state index in [0.29, 0.717) is 24.8 Å². The van der Waals surface area contributed by atoms with Crippen LogP contribution in [-0.4, -0.2) is 49.9 Å². The molecule has 0 aliphatic carbocycles. The lowest BCUT2D eigenvalue weighted by Crippen LogP contribution is -2.39. The van der Waals surface area contributed by atoms with Crippen LogP contribution in [0.4, 0.5) is 4.79 Å². The van der Waals surface area contributed by atoms with Crippen molar-refractivity contribution in [2.24, 2.45) is 0 Å². The molecule has 3 amide bonds. The van der Waals surface area contributed by atoms with Gasteiger partial charge in [-0.05, 0) is 13.8 Å². The quantitative estimate of drug-likeness (QED) is 0.642. The third-order valence-corrected chi connectivity index (χ3v) is 4.03. The Hall–Kier alpha value is -1.83. The van der Waals surface area contributed by atoms with Crippen molar-refractivity contribution in [3.8, 4) is 0 Å². The molecular formula is C12H17N5O2S. The van der Waals surface area contributed by atoms with Crippen LogP contribution >= 0.6 is 11.8 Å². The molecule has 1 aromatic rings. The molecule has 1 aliphatic rings. The van der Waals surface area contributed by atoms with Gasteiger partial charge < -0.3 is 9.88 Å². The number of thioether (sulfide) groups is 1. The third kappa shape index (κ3) is 2.84. The summed E-state index contributed by atoms with van der Waals surface area (Å²) in [6.07, 6.45) is 1.75. The fourth-order valence-electron chi connectivity index (χ4n) is 1.90. The minimum Gasteiger partial charge on any atom is -0.336 e. The highest BCUT2D eigenvalue weighted by Gasteiger charge is 2.31. The number of imide groups is 1. The summed E-state index contributed by atoms with van der Waals surface area (Å²) in [5.41, 5.74) is 0. The van der Waals surface area contributed by atoms with Crippen molar-refractivity contribution < 1.29 is 9.59 Å². The van der Waals surface area contributed by atoms with E-state index >= 15 is 0 Å². The van der Waals surface area contributed by atoms with Gasteiger partial charge in [0.05, 0.1) is 5.25 Å². The van der Waals surface area contributed by atoms with Gasteiger partial charge in [0, 0.05) is 19.6 Å². The van der Waals surface area contributed by atoms with Crippen LogP contribution in [0.3, 0.4) is 0 Å². The number of allylic oxidation sites excluding steroid dienone is 1. The first-order chi connectivity index (χ1) is 9.54. The van der Waals surface area contributed by atoms with Crippen molar-refractivity contribution in [3.05, 3.63) is 18.5 Å². The third-order valence-electron chi connectivity index (χ3n) is 2.97. The summed E-state index contributed by atoms with van der Waals surface area (Å²) in [4.78, 5) is 24.9. The second kappa shape index (κ2) is 6.08. The van der Waals surface area contributed by atoms with Gasteiger partial charge >= 0.3 is 6.03 Å². The van der Waals surface area contributed by atoms with Crippen LogP contribution in [0.1, 0.15) is 12.7 Å². The van der Waals surface area contributed by atoms with Gasteiger partial charge in [-0.3, -0.25) is 9.69 Å². The van der Waals surface area contributed by atoms with Gasteiger partial charge in [0.2, 0.25) is 5.91 Å². The molecule has 1 N–H and O–H groups in total. The van der Waals surface area contributed by atoms with Gasteiger partial charge in [-0.2, -0.15) is 0 Å². The second-order valence-electron chi connectivity index (χ2n) is 4.41. The van der Waals surface area contributed by atoms with Crippen LogP contribution in [-0.2, 0) is 11.3 Å².